The fourth-order valence-corrected chi connectivity index (χ4v) is 10.5. The molecule has 1 heterocycles. The maximum Gasteiger partial charge on any atom is 0.0619 e. The summed E-state index contributed by atoms with van der Waals surface area (Å²) in [4.78, 5) is 0. The zero-order valence-electron chi connectivity index (χ0n) is 33.2. The zero-order chi connectivity index (χ0) is 38.9. The summed E-state index contributed by atoms with van der Waals surface area (Å²) >= 11 is 0. The first-order chi connectivity index (χ1) is 28.3. The molecule has 11 aromatic rings. The zero-order valence-corrected chi connectivity index (χ0v) is 33.2. The summed E-state index contributed by atoms with van der Waals surface area (Å²) in [6.07, 6.45) is 0. The molecule has 1 aliphatic carbocycles. The third-order valence-electron chi connectivity index (χ3n) is 13.5. The minimum atomic E-state index is -0.163. The van der Waals surface area contributed by atoms with Crippen molar-refractivity contribution in [1.29, 1.82) is 0 Å². The Bertz CT molecular complexity index is 3560. The van der Waals surface area contributed by atoms with Crippen molar-refractivity contribution in [3.05, 3.63) is 198 Å². The van der Waals surface area contributed by atoms with Gasteiger partial charge in [0.2, 0.25) is 0 Å². The number of nitrogens with zero attached hydrogens (tertiary/aromatic N) is 1. The van der Waals surface area contributed by atoms with Crippen LogP contribution in [0.5, 0.6) is 0 Å². The maximum absolute atomic E-state index is 2.55. The number of benzene rings is 10. The van der Waals surface area contributed by atoms with Gasteiger partial charge in [-0.2, -0.15) is 0 Å². The second-order valence-corrected chi connectivity index (χ2v) is 16.9. The van der Waals surface area contributed by atoms with Crippen LogP contribution in [0, 0.1) is 13.8 Å². The number of fused-ring (bicyclic) bond motifs is 13. The summed E-state index contributed by atoms with van der Waals surface area (Å²) in [5.74, 6) is 0. The van der Waals surface area contributed by atoms with Crippen LogP contribution in [0.1, 0.15) is 36.2 Å². The first-order valence-electron chi connectivity index (χ1n) is 20.5. The van der Waals surface area contributed by atoms with Crippen LogP contribution in [0.15, 0.2) is 176 Å². The standard InChI is InChI=1S/C57H41N/c1-34-35(2)58(43-26-28-47-46-27-25-41(31-52(46)57(3,4)53(47)32-43)40-23-21-36-13-5-7-15-38(36)29-40)56-49-20-12-10-18-45(49)51-33-50(42-24-22-37-14-6-8-16-39(37)30-42)44-17-9-11-19-48(44)55(51)54(34)56/h5-33H,1-4H3. The van der Waals surface area contributed by atoms with Crippen LogP contribution in [0.25, 0.3) is 104 Å². The molecule has 0 saturated carbocycles. The van der Waals surface area contributed by atoms with Crippen LogP contribution in [0.2, 0.25) is 0 Å². The van der Waals surface area contributed by atoms with Crippen molar-refractivity contribution in [3.63, 3.8) is 0 Å². The van der Waals surface area contributed by atoms with E-state index in [-0.39, 0.29) is 5.41 Å². The maximum atomic E-state index is 2.55. The van der Waals surface area contributed by atoms with Gasteiger partial charge in [-0.3, -0.25) is 0 Å². The highest BCUT2D eigenvalue weighted by Crippen LogP contribution is 2.52. The van der Waals surface area contributed by atoms with Crippen LogP contribution in [0.4, 0.5) is 0 Å². The molecule has 58 heavy (non-hydrogen) atoms. The molecule has 0 bridgehead atoms. The highest BCUT2D eigenvalue weighted by atomic mass is 15.0. The highest BCUT2D eigenvalue weighted by Gasteiger charge is 2.36. The van der Waals surface area contributed by atoms with Crippen molar-refractivity contribution in [2.24, 2.45) is 0 Å². The van der Waals surface area contributed by atoms with E-state index in [0.29, 0.717) is 0 Å². The topological polar surface area (TPSA) is 4.93 Å². The van der Waals surface area contributed by atoms with Crippen LogP contribution >= 0.6 is 0 Å². The van der Waals surface area contributed by atoms with Gasteiger partial charge in [-0.15, -0.1) is 0 Å². The van der Waals surface area contributed by atoms with E-state index in [9.17, 15) is 0 Å². The Morgan fingerprint density at radius 1 is 0.379 bits per heavy atom. The summed E-state index contributed by atoms with van der Waals surface area (Å²) in [5, 5.41) is 14.2. The lowest BCUT2D eigenvalue weighted by atomic mass is 9.81. The Morgan fingerprint density at radius 3 is 1.64 bits per heavy atom. The average Bonchev–Trinajstić information content (AvgIpc) is 3.66. The molecule has 10 aromatic carbocycles. The normalized spacial score (nSPS) is 13.3. The van der Waals surface area contributed by atoms with Gasteiger partial charge in [0.25, 0.3) is 0 Å². The van der Waals surface area contributed by atoms with Gasteiger partial charge in [0.05, 0.1) is 5.52 Å². The molecule has 0 radical (unpaired) electrons. The lowest BCUT2D eigenvalue weighted by Crippen LogP contribution is -2.15. The molecule has 1 heteroatoms. The molecule has 0 N–H and O–H groups in total. The van der Waals surface area contributed by atoms with Gasteiger partial charge in [-0.1, -0.05) is 153 Å². The fourth-order valence-electron chi connectivity index (χ4n) is 10.5. The van der Waals surface area contributed by atoms with Gasteiger partial charge >= 0.3 is 0 Å². The fraction of sp³-hybridized carbons (Fsp3) is 0.0877. The second kappa shape index (κ2) is 12.0. The molecule has 0 spiro atoms. The molecule has 274 valence electrons. The minimum absolute atomic E-state index is 0.163. The summed E-state index contributed by atoms with van der Waals surface area (Å²) in [5.41, 5.74) is 15.4. The molecule has 0 amide bonds. The number of hydrogen-bond acceptors (Lipinski definition) is 0. The van der Waals surface area contributed by atoms with E-state index in [1.807, 2.05) is 0 Å². The lowest BCUT2D eigenvalue weighted by Gasteiger charge is -2.23. The molecule has 12 rings (SSSR count). The van der Waals surface area contributed by atoms with E-state index >= 15 is 0 Å². The van der Waals surface area contributed by atoms with Crippen molar-refractivity contribution in [2.75, 3.05) is 0 Å². The van der Waals surface area contributed by atoms with Gasteiger partial charge in [-0.05, 0) is 149 Å². The molecule has 0 aliphatic heterocycles. The molecule has 1 nitrogen and oxygen atoms in total. The van der Waals surface area contributed by atoms with Crippen molar-refractivity contribution in [2.45, 2.75) is 33.1 Å². The number of rotatable bonds is 3. The van der Waals surface area contributed by atoms with Crippen LogP contribution in [-0.2, 0) is 5.41 Å². The quantitative estimate of drug-likeness (QED) is 0.159. The number of aromatic nitrogens is 1. The Hall–Kier alpha value is -6.96. The number of aryl methyl sites for hydroxylation is 1. The van der Waals surface area contributed by atoms with Gasteiger partial charge in [0.15, 0.2) is 0 Å². The second-order valence-electron chi connectivity index (χ2n) is 16.9. The third kappa shape index (κ3) is 4.59. The molecule has 0 atom stereocenters. The van der Waals surface area contributed by atoms with E-state index < -0.39 is 0 Å². The molecule has 0 fully saturated rings. The van der Waals surface area contributed by atoms with E-state index in [2.05, 4.69) is 208 Å². The predicted octanol–water partition coefficient (Wildman–Crippen LogP) is 15.7. The van der Waals surface area contributed by atoms with Crippen molar-refractivity contribution in [1.82, 2.24) is 4.57 Å². The Kier molecular flexibility index (Phi) is 6.88. The molecule has 1 aromatic heterocycles. The van der Waals surface area contributed by atoms with Crippen LogP contribution in [-0.4, -0.2) is 4.57 Å². The molecule has 0 unspecified atom stereocenters. The largest absolute Gasteiger partial charge is 0.313 e. The van der Waals surface area contributed by atoms with Crippen molar-refractivity contribution >= 4 is 64.8 Å². The monoisotopic (exact) mass is 739 g/mol. The molecule has 0 saturated heterocycles. The van der Waals surface area contributed by atoms with E-state index in [0.717, 1.165) is 0 Å². The number of hydrogen-bond donors (Lipinski definition) is 0. The predicted molar refractivity (Wildman–Crippen MR) is 249 cm³/mol. The molecular formula is C57H41N. The third-order valence-corrected chi connectivity index (χ3v) is 13.5. The average molecular weight is 740 g/mol. The van der Waals surface area contributed by atoms with E-state index in [4.69, 9.17) is 0 Å². The van der Waals surface area contributed by atoms with Gasteiger partial charge in [0.1, 0.15) is 0 Å². The van der Waals surface area contributed by atoms with Gasteiger partial charge < -0.3 is 4.57 Å². The first kappa shape index (κ1) is 33.2. The summed E-state index contributed by atoms with van der Waals surface area (Å²) in [6, 6.07) is 65.9. The van der Waals surface area contributed by atoms with Gasteiger partial charge in [0, 0.05) is 27.6 Å². The van der Waals surface area contributed by atoms with Crippen LogP contribution in [0.3, 0.4) is 0 Å². The molecule has 1 aliphatic rings. The van der Waals surface area contributed by atoms with Crippen molar-refractivity contribution in [3.8, 4) is 39.1 Å². The van der Waals surface area contributed by atoms with E-state index in [1.165, 1.54) is 126 Å². The Balaban J connectivity index is 1.07. The van der Waals surface area contributed by atoms with Crippen LogP contribution < -0.4 is 0 Å². The lowest BCUT2D eigenvalue weighted by molar-refractivity contribution is 0.660. The summed E-state index contributed by atoms with van der Waals surface area (Å²) < 4.78 is 2.55. The van der Waals surface area contributed by atoms with Gasteiger partial charge in [-0.25, -0.2) is 0 Å². The SMILES string of the molecule is Cc1c(C)n(-c2ccc3c(c2)C(C)(C)c2cc(-c4ccc5ccccc5c4)ccc2-3)c2c3ccccc3c3cc(-c4ccc5ccccc5c4)c4ccccc4c3c12. The summed E-state index contributed by atoms with van der Waals surface area (Å²) in [7, 11) is 0. The highest BCUT2D eigenvalue weighted by molar-refractivity contribution is 6.33. The van der Waals surface area contributed by atoms with Crippen molar-refractivity contribution < 1.29 is 0 Å². The Morgan fingerprint density at radius 2 is 0.914 bits per heavy atom. The molecular weight excluding hydrogens is 699 g/mol. The van der Waals surface area contributed by atoms with E-state index in [1.54, 1.807) is 0 Å². The summed E-state index contributed by atoms with van der Waals surface area (Å²) in [6.45, 7) is 9.44. The smallest absolute Gasteiger partial charge is 0.0619 e. The first-order valence-corrected chi connectivity index (χ1v) is 20.5. The minimum Gasteiger partial charge on any atom is -0.313 e. The Labute approximate surface area is 338 Å².